The van der Waals surface area contributed by atoms with Gasteiger partial charge in [-0.05, 0) is 6.07 Å². The number of benzene rings is 1. The fourth-order valence-corrected chi connectivity index (χ4v) is 1.75. The maximum atomic E-state index is 8.67. The van der Waals surface area contributed by atoms with Crippen molar-refractivity contribution in [3.8, 4) is 11.8 Å². The average molecular weight is 258 g/mol. The van der Waals surface area contributed by atoms with Gasteiger partial charge in [0, 0.05) is 18.0 Å². The van der Waals surface area contributed by atoms with Crippen LogP contribution in [0.2, 0.25) is 0 Å². The zero-order valence-corrected chi connectivity index (χ0v) is 10.5. The number of H-pyrrole nitrogens is 1. The van der Waals surface area contributed by atoms with Crippen LogP contribution in [0.1, 0.15) is 11.3 Å². The Bertz CT molecular complexity index is 635. The number of methoxy groups -OCH3 is 1. The van der Waals surface area contributed by atoms with Gasteiger partial charge in [0.2, 0.25) is 0 Å². The quantitative estimate of drug-likeness (QED) is 0.220. The fourth-order valence-electron chi connectivity index (χ4n) is 1.75. The van der Waals surface area contributed by atoms with Crippen LogP contribution in [0.4, 0.5) is 0 Å². The highest BCUT2D eigenvalue weighted by atomic mass is 16.7. The summed E-state index contributed by atoms with van der Waals surface area (Å²) < 4.78 is 9.87. The minimum absolute atomic E-state index is 0.216. The zero-order valence-electron chi connectivity index (χ0n) is 10.5. The molecule has 2 rings (SSSR count). The first-order chi connectivity index (χ1) is 9.36. The van der Waals surface area contributed by atoms with Crippen molar-refractivity contribution in [3.05, 3.63) is 35.5 Å². The highest BCUT2D eigenvalue weighted by molar-refractivity contribution is 5.96. The van der Waals surface area contributed by atoms with Gasteiger partial charge >= 0.3 is 0 Å². The molecule has 0 spiro atoms. The number of oxime groups is 1. The lowest BCUT2D eigenvalue weighted by atomic mass is 10.1. The number of aromatic nitrogens is 1. The second-order valence-corrected chi connectivity index (χ2v) is 3.76. The number of rotatable bonds is 4. The third-order valence-electron chi connectivity index (χ3n) is 2.51. The van der Waals surface area contributed by atoms with Crippen molar-refractivity contribution in [3.63, 3.8) is 0 Å². The Morgan fingerprint density at radius 3 is 3.05 bits per heavy atom. The first-order valence-corrected chi connectivity index (χ1v) is 5.70. The second kappa shape index (κ2) is 6.59. The molecule has 1 aromatic carbocycles. The molecule has 0 aliphatic heterocycles. The predicted octanol–water partition coefficient (Wildman–Crippen LogP) is 1.95. The molecule has 1 heterocycles. The molecule has 2 aromatic rings. The smallest absolute Gasteiger partial charge is 0.147 e. The Morgan fingerprint density at radius 1 is 1.42 bits per heavy atom. The first-order valence-electron chi connectivity index (χ1n) is 5.70. The van der Waals surface area contributed by atoms with E-state index in [4.69, 9.17) is 14.7 Å². The standard InChI is InChI=1S/C14H14N2O3/c1-18-10-19-8-4-6-12-11-5-2-3-7-13(11)16-14(12)9-15-17/h2-3,5,7,9,16-17H,8,10H2,1H3/b15-9+. The van der Waals surface area contributed by atoms with Crippen molar-refractivity contribution in [2.24, 2.45) is 5.16 Å². The van der Waals surface area contributed by atoms with E-state index < -0.39 is 0 Å². The summed E-state index contributed by atoms with van der Waals surface area (Å²) in [6.45, 7) is 0.497. The Kier molecular flexibility index (Phi) is 4.56. The normalized spacial score (nSPS) is 10.8. The number of hydrogen-bond acceptors (Lipinski definition) is 4. The molecule has 0 atom stereocenters. The molecule has 0 aliphatic carbocycles. The van der Waals surface area contributed by atoms with Crippen molar-refractivity contribution in [2.75, 3.05) is 20.5 Å². The van der Waals surface area contributed by atoms with E-state index in [1.807, 2.05) is 24.3 Å². The largest absolute Gasteiger partial charge is 0.411 e. The number of fused-ring (bicyclic) bond motifs is 1. The molecule has 1 aromatic heterocycles. The number of aromatic amines is 1. The lowest BCUT2D eigenvalue weighted by Gasteiger charge is -1.94. The van der Waals surface area contributed by atoms with E-state index in [1.54, 1.807) is 7.11 Å². The monoisotopic (exact) mass is 258 g/mol. The number of nitrogens with one attached hydrogen (secondary N) is 1. The van der Waals surface area contributed by atoms with Crippen LogP contribution in [-0.2, 0) is 9.47 Å². The van der Waals surface area contributed by atoms with Crippen molar-refractivity contribution in [1.29, 1.82) is 0 Å². The Morgan fingerprint density at radius 2 is 2.26 bits per heavy atom. The zero-order chi connectivity index (χ0) is 13.5. The molecule has 5 nitrogen and oxygen atoms in total. The Labute approximate surface area is 110 Å². The summed E-state index contributed by atoms with van der Waals surface area (Å²) in [7, 11) is 1.56. The first kappa shape index (κ1) is 13.1. The van der Waals surface area contributed by atoms with Gasteiger partial charge in [-0.25, -0.2) is 0 Å². The Hall–Kier alpha value is -2.29. The summed E-state index contributed by atoms with van der Waals surface area (Å²) >= 11 is 0. The topological polar surface area (TPSA) is 66.8 Å². The Balaban J connectivity index is 2.31. The minimum Gasteiger partial charge on any atom is -0.411 e. The third-order valence-corrected chi connectivity index (χ3v) is 2.51. The molecule has 5 heteroatoms. The number of nitrogens with zero attached hydrogens (tertiary/aromatic N) is 1. The predicted molar refractivity (Wildman–Crippen MR) is 72.4 cm³/mol. The van der Waals surface area contributed by atoms with E-state index in [2.05, 4.69) is 22.0 Å². The van der Waals surface area contributed by atoms with Gasteiger partial charge in [0.05, 0.1) is 17.5 Å². The number of ether oxygens (including phenoxy) is 2. The van der Waals surface area contributed by atoms with Crippen molar-refractivity contribution in [2.45, 2.75) is 0 Å². The molecule has 0 fully saturated rings. The molecule has 0 saturated carbocycles. The van der Waals surface area contributed by atoms with E-state index >= 15 is 0 Å². The number of para-hydroxylation sites is 1. The molecule has 98 valence electrons. The van der Waals surface area contributed by atoms with Gasteiger partial charge in [-0.3, -0.25) is 0 Å². The summed E-state index contributed by atoms with van der Waals surface area (Å²) in [5.41, 5.74) is 2.40. The van der Waals surface area contributed by atoms with Crippen LogP contribution in [0.25, 0.3) is 10.9 Å². The third kappa shape index (κ3) is 3.13. The van der Waals surface area contributed by atoms with Gasteiger partial charge in [-0.1, -0.05) is 35.2 Å². The van der Waals surface area contributed by atoms with Crippen LogP contribution in [0.5, 0.6) is 0 Å². The van der Waals surface area contributed by atoms with Gasteiger partial charge in [0.15, 0.2) is 0 Å². The lowest BCUT2D eigenvalue weighted by molar-refractivity contribution is -0.0166. The van der Waals surface area contributed by atoms with Gasteiger partial charge in [-0.15, -0.1) is 0 Å². The maximum Gasteiger partial charge on any atom is 0.147 e. The van der Waals surface area contributed by atoms with E-state index in [-0.39, 0.29) is 13.4 Å². The average Bonchev–Trinajstić information content (AvgIpc) is 2.77. The maximum absolute atomic E-state index is 8.67. The van der Waals surface area contributed by atoms with E-state index in [0.29, 0.717) is 5.69 Å². The number of hydrogen-bond donors (Lipinski definition) is 2. The molecule has 0 bridgehead atoms. The van der Waals surface area contributed by atoms with Gasteiger partial charge in [0.25, 0.3) is 0 Å². The van der Waals surface area contributed by atoms with Crippen molar-refractivity contribution < 1.29 is 14.7 Å². The van der Waals surface area contributed by atoms with Crippen LogP contribution in [-0.4, -0.2) is 36.9 Å². The van der Waals surface area contributed by atoms with Crippen LogP contribution in [0.3, 0.4) is 0 Å². The molecular formula is C14H14N2O3. The SMILES string of the molecule is COCOCC#Cc1c(/C=N/O)[nH]c2ccccc12. The van der Waals surface area contributed by atoms with Crippen LogP contribution >= 0.6 is 0 Å². The van der Waals surface area contributed by atoms with Crippen LogP contribution in [0, 0.1) is 11.8 Å². The fraction of sp³-hybridized carbons (Fsp3) is 0.214. The summed E-state index contributed by atoms with van der Waals surface area (Å²) in [6, 6.07) is 7.76. The van der Waals surface area contributed by atoms with Crippen molar-refractivity contribution >= 4 is 17.1 Å². The highest BCUT2D eigenvalue weighted by Gasteiger charge is 2.07. The molecular weight excluding hydrogens is 244 g/mol. The van der Waals surface area contributed by atoms with E-state index in [1.165, 1.54) is 6.21 Å². The summed E-state index contributed by atoms with van der Waals surface area (Å²) in [4.78, 5) is 3.14. The van der Waals surface area contributed by atoms with Gasteiger partial charge in [-0.2, -0.15) is 0 Å². The molecule has 0 saturated heterocycles. The van der Waals surface area contributed by atoms with Gasteiger partial charge < -0.3 is 19.7 Å². The van der Waals surface area contributed by atoms with E-state index in [0.717, 1.165) is 16.5 Å². The van der Waals surface area contributed by atoms with Crippen LogP contribution in [0.15, 0.2) is 29.4 Å². The molecule has 0 unspecified atom stereocenters. The lowest BCUT2D eigenvalue weighted by Crippen LogP contribution is -1.96. The van der Waals surface area contributed by atoms with Crippen LogP contribution < -0.4 is 0 Å². The van der Waals surface area contributed by atoms with Crippen molar-refractivity contribution in [1.82, 2.24) is 4.98 Å². The summed E-state index contributed by atoms with van der Waals surface area (Å²) in [5, 5.41) is 12.7. The molecule has 19 heavy (non-hydrogen) atoms. The second-order valence-electron chi connectivity index (χ2n) is 3.76. The molecule has 0 radical (unpaired) electrons. The summed E-state index contributed by atoms with van der Waals surface area (Å²) in [5.74, 6) is 5.91. The van der Waals surface area contributed by atoms with Gasteiger partial charge in [0.1, 0.15) is 13.4 Å². The minimum atomic E-state index is 0.216. The van der Waals surface area contributed by atoms with E-state index in [9.17, 15) is 0 Å². The molecule has 2 N–H and O–H groups in total. The summed E-state index contributed by atoms with van der Waals surface area (Å²) in [6.07, 6.45) is 1.33. The molecule has 0 aliphatic rings. The molecule has 0 amide bonds. The highest BCUT2D eigenvalue weighted by Crippen LogP contribution is 2.20.